The summed E-state index contributed by atoms with van der Waals surface area (Å²) in [7, 11) is 0. The van der Waals surface area contributed by atoms with Gasteiger partial charge in [-0.05, 0) is 53.6 Å². The van der Waals surface area contributed by atoms with E-state index in [-0.39, 0.29) is 0 Å². The van der Waals surface area contributed by atoms with Crippen LogP contribution < -0.4 is 0 Å². The fourth-order valence-corrected chi connectivity index (χ4v) is 9.85. The minimum Gasteiger partial charge on any atom is -0.309 e. The van der Waals surface area contributed by atoms with Gasteiger partial charge in [-0.1, -0.05) is 127 Å². The number of rotatable bonds is 4. The van der Waals surface area contributed by atoms with E-state index in [1.807, 2.05) is 6.20 Å². The van der Waals surface area contributed by atoms with E-state index in [1.54, 1.807) is 11.3 Å². The van der Waals surface area contributed by atoms with Crippen LogP contribution in [0.1, 0.15) is 0 Å². The highest BCUT2D eigenvalue weighted by Gasteiger charge is 2.28. The van der Waals surface area contributed by atoms with E-state index in [9.17, 15) is 0 Å². The van der Waals surface area contributed by atoms with Crippen LogP contribution in [0.3, 0.4) is 0 Å². The predicted octanol–water partition coefficient (Wildman–Crippen LogP) is 12.9. The number of aromatic nitrogens is 5. The van der Waals surface area contributed by atoms with Crippen LogP contribution in [0.15, 0.2) is 176 Å². The smallest absolute Gasteiger partial charge is 0.235 e. The highest BCUT2D eigenvalue weighted by molar-refractivity contribution is 7.26. The number of hydrogen-bond acceptors (Lipinski definition) is 4. The first kappa shape index (κ1) is 30.3. The van der Waals surface area contributed by atoms with Gasteiger partial charge in [0.1, 0.15) is 4.83 Å². The molecule has 0 amide bonds. The highest BCUT2D eigenvalue weighted by atomic mass is 32.1. The third kappa shape index (κ3) is 4.37. The molecule has 7 aromatic carbocycles. The zero-order valence-corrected chi connectivity index (χ0v) is 30.2. The predicted molar refractivity (Wildman–Crippen MR) is 230 cm³/mol. The van der Waals surface area contributed by atoms with Crippen LogP contribution in [0.2, 0.25) is 0 Å². The Balaban J connectivity index is 1.25. The minimum atomic E-state index is 0.643. The molecule has 256 valence electrons. The number of para-hydroxylation sites is 4. The van der Waals surface area contributed by atoms with Gasteiger partial charge in [-0.3, -0.25) is 4.57 Å². The summed E-state index contributed by atoms with van der Waals surface area (Å²) in [4.78, 5) is 16.8. The Hall–Kier alpha value is -7.15. The Morgan fingerprint density at radius 1 is 0.418 bits per heavy atom. The number of thiophene rings is 1. The van der Waals surface area contributed by atoms with Crippen molar-refractivity contribution in [3.63, 3.8) is 0 Å². The largest absolute Gasteiger partial charge is 0.309 e. The van der Waals surface area contributed by atoms with E-state index in [0.717, 1.165) is 59.2 Å². The number of fused-ring (bicyclic) bond motifs is 13. The quantitative estimate of drug-likeness (QED) is 0.182. The molecule has 5 heterocycles. The average Bonchev–Trinajstić information content (AvgIpc) is 3.92. The van der Waals surface area contributed by atoms with Crippen LogP contribution in [0.5, 0.6) is 0 Å². The van der Waals surface area contributed by atoms with Crippen LogP contribution in [0.4, 0.5) is 0 Å². The maximum absolute atomic E-state index is 5.51. The summed E-state index contributed by atoms with van der Waals surface area (Å²) < 4.78 is 5.92. The molecular formula is C49H29N5S. The molecule has 5 nitrogen and oxygen atoms in total. The highest BCUT2D eigenvalue weighted by Crippen LogP contribution is 2.50. The average molecular weight is 720 g/mol. The summed E-state index contributed by atoms with van der Waals surface area (Å²) in [5.41, 5.74) is 10.9. The van der Waals surface area contributed by atoms with Gasteiger partial charge in [-0.2, -0.15) is 0 Å². The van der Waals surface area contributed by atoms with E-state index in [0.29, 0.717) is 5.95 Å². The molecule has 0 saturated carbocycles. The van der Waals surface area contributed by atoms with E-state index in [4.69, 9.17) is 15.0 Å². The van der Waals surface area contributed by atoms with Crippen LogP contribution in [-0.4, -0.2) is 24.1 Å². The third-order valence-electron chi connectivity index (χ3n) is 11.0. The van der Waals surface area contributed by atoms with Crippen molar-refractivity contribution < 1.29 is 0 Å². The Labute approximate surface area is 319 Å². The second-order valence-electron chi connectivity index (χ2n) is 14.0. The summed E-state index contributed by atoms with van der Waals surface area (Å²) in [6.45, 7) is 0. The molecule has 0 aliphatic rings. The molecule has 0 fully saturated rings. The van der Waals surface area contributed by atoms with Gasteiger partial charge in [-0.15, -0.1) is 11.3 Å². The minimum absolute atomic E-state index is 0.643. The van der Waals surface area contributed by atoms with Gasteiger partial charge in [0, 0.05) is 55.2 Å². The fraction of sp³-hybridized carbons (Fsp3) is 0. The number of benzene rings is 7. The zero-order valence-electron chi connectivity index (χ0n) is 29.4. The lowest BCUT2D eigenvalue weighted by Gasteiger charge is -2.13. The van der Waals surface area contributed by atoms with Crippen molar-refractivity contribution in [1.82, 2.24) is 24.1 Å². The molecule has 0 aliphatic heterocycles. The molecular weight excluding hydrogens is 691 g/mol. The van der Waals surface area contributed by atoms with Crippen molar-refractivity contribution in [2.75, 3.05) is 0 Å². The Morgan fingerprint density at radius 2 is 1.00 bits per heavy atom. The monoisotopic (exact) mass is 719 g/mol. The molecule has 0 aliphatic carbocycles. The van der Waals surface area contributed by atoms with E-state index in [2.05, 4.69) is 179 Å². The summed E-state index contributed by atoms with van der Waals surface area (Å²) in [5, 5.41) is 8.14. The molecule has 0 radical (unpaired) electrons. The maximum atomic E-state index is 5.51. The first-order valence-electron chi connectivity index (χ1n) is 18.5. The second kappa shape index (κ2) is 11.7. The van der Waals surface area contributed by atoms with Gasteiger partial charge in [-0.25, -0.2) is 15.0 Å². The molecule has 5 aromatic heterocycles. The lowest BCUT2D eigenvalue weighted by Crippen LogP contribution is -2.03. The molecule has 0 N–H and O–H groups in total. The van der Waals surface area contributed by atoms with Crippen LogP contribution in [0, 0.1) is 0 Å². The first-order valence-corrected chi connectivity index (χ1v) is 19.3. The van der Waals surface area contributed by atoms with Crippen molar-refractivity contribution in [1.29, 1.82) is 0 Å². The van der Waals surface area contributed by atoms with Crippen LogP contribution in [-0.2, 0) is 0 Å². The Bertz CT molecular complexity index is 3470. The molecule has 6 heteroatoms. The van der Waals surface area contributed by atoms with Gasteiger partial charge in [0.25, 0.3) is 0 Å². The normalized spacial score (nSPS) is 12.0. The van der Waals surface area contributed by atoms with Gasteiger partial charge in [0.15, 0.2) is 0 Å². The molecule has 0 unspecified atom stereocenters. The SMILES string of the molecule is c1ccc(-c2ccc(-c3nc(-n4c5ccccc5c5c6c7ccccc7n(-c7ccccc7)c6c6c7cccnc7sc6c54)nc4ccccc34)cc2)cc1. The van der Waals surface area contributed by atoms with Gasteiger partial charge >= 0.3 is 0 Å². The maximum Gasteiger partial charge on any atom is 0.235 e. The van der Waals surface area contributed by atoms with E-state index in [1.165, 1.54) is 43.7 Å². The van der Waals surface area contributed by atoms with Crippen molar-refractivity contribution in [3.05, 3.63) is 176 Å². The fourth-order valence-electron chi connectivity index (χ4n) is 8.66. The molecule has 0 atom stereocenters. The second-order valence-corrected chi connectivity index (χ2v) is 15.0. The molecule has 0 saturated heterocycles. The topological polar surface area (TPSA) is 48.5 Å². The zero-order chi connectivity index (χ0) is 36.0. The van der Waals surface area contributed by atoms with Crippen molar-refractivity contribution in [3.8, 4) is 34.0 Å². The van der Waals surface area contributed by atoms with Crippen LogP contribution >= 0.6 is 11.3 Å². The summed E-state index contributed by atoms with van der Waals surface area (Å²) in [6.07, 6.45) is 1.90. The van der Waals surface area contributed by atoms with Crippen molar-refractivity contribution in [2.24, 2.45) is 0 Å². The van der Waals surface area contributed by atoms with Gasteiger partial charge in [0.2, 0.25) is 5.95 Å². The Morgan fingerprint density at radius 3 is 1.76 bits per heavy atom. The summed E-state index contributed by atoms with van der Waals surface area (Å²) in [5.74, 6) is 0.643. The van der Waals surface area contributed by atoms with E-state index < -0.39 is 0 Å². The standard InChI is InChI=1S/C49H29N5S/c1-3-14-30(15-4-1)31-25-27-32(28-26-31)44-34-18-7-10-22-38(34)51-49(52-44)54-40-24-12-9-20-36(40)42-41-35-19-8-11-23-39(35)53(33-16-5-2-6-17-33)45(41)43-37-21-13-29-50-48(37)55-47(43)46(42)54/h1-29H. The lowest BCUT2D eigenvalue weighted by atomic mass is 10.0. The Kier molecular flexibility index (Phi) is 6.44. The lowest BCUT2D eigenvalue weighted by molar-refractivity contribution is 1.02. The number of nitrogens with zero attached hydrogens (tertiary/aromatic N) is 5. The number of pyridine rings is 1. The number of hydrogen-bond donors (Lipinski definition) is 0. The third-order valence-corrected chi connectivity index (χ3v) is 12.1. The van der Waals surface area contributed by atoms with E-state index >= 15 is 0 Å². The summed E-state index contributed by atoms with van der Waals surface area (Å²) >= 11 is 1.75. The van der Waals surface area contributed by atoms with Crippen LogP contribution in [0.25, 0.3) is 109 Å². The first-order chi connectivity index (χ1) is 27.3. The van der Waals surface area contributed by atoms with Crippen molar-refractivity contribution in [2.45, 2.75) is 0 Å². The molecule has 0 spiro atoms. The summed E-state index contributed by atoms with van der Waals surface area (Å²) in [6, 6.07) is 60.1. The molecule has 12 rings (SSSR count). The molecule has 55 heavy (non-hydrogen) atoms. The van der Waals surface area contributed by atoms with Gasteiger partial charge in [0.05, 0.1) is 38.0 Å². The molecule has 12 aromatic rings. The molecule has 0 bridgehead atoms. The van der Waals surface area contributed by atoms with Crippen molar-refractivity contribution >= 4 is 86.2 Å². The van der Waals surface area contributed by atoms with Gasteiger partial charge < -0.3 is 4.57 Å².